The predicted octanol–water partition coefficient (Wildman–Crippen LogP) is 4.97. The lowest BCUT2D eigenvalue weighted by Crippen LogP contribution is -2.37. The van der Waals surface area contributed by atoms with E-state index in [1.54, 1.807) is 47.4 Å². The van der Waals surface area contributed by atoms with Gasteiger partial charge in [-0.05, 0) is 55.1 Å². The SMILES string of the molecule is CC[C@@H](C)N(Cc1ccccc1OS(=O)(=O)c1ccc(OC)cc1)C(=O)c1cccs1. The van der Waals surface area contributed by atoms with Gasteiger partial charge in [0, 0.05) is 18.2 Å². The second-order valence-electron chi connectivity index (χ2n) is 6.99. The van der Waals surface area contributed by atoms with Gasteiger partial charge >= 0.3 is 10.1 Å². The summed E-state index contributed by atoms with van der Waals surface area (Å²) in [5.74, 6) is 0.665. The zero-order valence-corrected chi connectivity index (χ0v) is 19.3. The fourth-order valence-electron chi connectivity index (χ4n) is 3.00. The minimum Gasteiger partial charge on any atom is -0.497 e. The third kappa shape index (κ3) is 5.45. The average molecular weight is 460 g/mol. The molecule has 0 fully saturated rings. The molecule has 6 nitrogen and oxygen atoms in total. The summed E-state index contributed by atoms with van der Waals surface area (Å²) >= 11 is 1.38. The number of amides is 1. The first-order valence-electron chi connectivity index (χ1n) is 9.86. The molecule has 0 aliphatic heterocycles. The van der Waals surface area contributed by atoms with Crippen molar-refractivity contribution in [2.24, 2.45) is 0 Å². The van der Waals surface area contributed by atoms with E-state index in [0.29, 0.717) is 16.2 Å². The van der Waals surface area contributed by atoms with Crippen molar-refractivity contribution in [1.29, 1.82) is 0 Å². The molecule has 1 atom stereocenters. The fraction of sp³-hybridized carbons (Fsp3) is 0.261. The molecule has 1 heterocycles. The van der Waals surface area contributed by atoms with Crippen molar-refractivity contribution in [3.05, 3.63) is 76.5 Å². The van der Waals surface area contributed by atoms with Crippen LogP contribution in [0.1, 0.15) is 35.5 Å². The molecule has 0 aliphatic carbocycles. The van der Waals surface area contributed by atoms with Gasteiger partial charge in [0.05, 0.1) is 12.0 Å². The van der Waals surface area contributed by atoms with E-state index in [4.69, 9.17) is 8.92 Å². The molecule has 2 aromatic carbocycles. The van der Waals surface area contributed by atoms with Gasteiger partial charge in [-0.2, -0.15) is 8.42 Å². The Balaban J connectivity index is 1.88. The second kappa shape index (κ2) is 9.98. The number of rotatable bonds is 9. The molecule has 0 saturated heterocycles. The number of carbonyl (C=O) groups is 1. The number of carbonyl (C=O) groups excluding carboxylic acids is 1. The van der Waals surface area contributed by atoms with Crippen LogP contribution in [0, 0.1) is 0 Å². The maximum Gasteiger partial charge on any atom is 0.339 e. The number of methoxy groups -OCH3 is 1. The van der Waals surface area contributed by atoms with Crippen LogP contribution >= 0.6 is 11.3 Å². The molecule has 164 valence electrons. The lowest BCUT2D eigenvalue weighted by atomic mass is 10.1. The van der Waals surface area contributed by atoms with Crippen molar-refractivity contribution in [2.45, 2.75) is 37.8 Å². The van der Waals surface area contributed by atoms with Gasteiger partial charge in [-0.25, -0.2) is 0 Å². The van der Waals surface area contributed by atoms with Gasteiger partial charge in [-0.3, -0.25) is 4.79 Å². The Morgan fingerprint density at radius 2 is 1.77 bits per heavy atom. The maximum atomic E-state index is 13.1. The molecule has 0 N–H and O–H groups in total. The largest absolute Gasteiger partial charge is 0.497 e. The molecule has 0 spiro atoms. The van der Waals surface area contributed by atoms with Gasteiger partial charge in [-0.15, -0.1) is 11.3 Å². The number of ether oxygens (including phenoxy) is 1. The van der Waals surface area contributed by atoms with Gasteiger partial charge in [0.1, 0.15) is 16.4 Å². The molecule has 8 heteroatoms. The van der Waals surface area contributed by atoms with E-state index in [2.05, 4.69) is 0 Å². The maximum absolute atomic E-state index is 13.1. The number of para-hydroxylation sites is 1. The van der Waals surface area contributed by atoms with E-state index in [9.17, 15) is 13.2 Å². The first-order chi connectivity index (χ1) is 14.9. The van der Waals surface area contributed by atoms with Crippen LogP contribution in [0.3, 0.4) is 0 Å². The molecule has 0 aliphatic rings. The van der Waals surface area contributed by atoms with Crippen LogP contribution in [-0.2, 0) is 16.7 Å². The van der Waals surface area contributed by atoms with E-state index in [0.717, 1.165) is 6.42 Å². The van der Waals surface area contributed by atoms with Crippen LogP contribution in [-0.4, -0.2) is 32.4 Å². The van der Waals surface area contributed by atoms with E-state index in [-0.39, 0.29) is 29.1 Å². The summed E-state index contributed by atoms with van der Waals surface area (Å²) in [4.78, 5) is 15.5. The molecule has 0 saturated carbocycles. The van der Waals surface area contributed by atoms with Crippen molar-refractivity contribution in [2.75, 3.05) is 7.11 Å². The van der Waals surface area contributed by atoms with Crippen LogP contribution in [0.5, 0.6) is 11.5 Å². The number of thiophene rings is 1. The van der Waals surface area contributed by atoms with Crippen LogP contribution in [0.2, 0.25) is 0 Å². The summed E-state index contributed by atoms with van der Waals surface area (Å²) in [6.07, 6.45) is 0.768. The normalized spacial score (nSPS) is 12.2. The monoisotopic (exact) mass is 459 g/mol. The van der Waals surface area contributed by atoms with Gasteiger partial charge in [0.15, 0.2) is 0 Å². The lowest BCUT2D eigenvalue weighted by Gasteiger charge is -2.29. The minimum absolute atomic E-state index is 0.0246. The van der Waals surface area contributed by atoms with Crippen molar-refractivity contribution >= 4 is 27.4 Å². The number of nitrogens with zero attached hydrogens (tertiary/aromatic N) is 1. The molecular formula is C23H25NO5S2. The lowest BCUT2D eigenvalue weighted by molar-refractivity contribution is 0.0676. The van der Waals surface area contributed by atoms with Crippen molar-refractivity contribution in [3.8, 4) is 11.5 Å². The third-order valence-electron chi connectivity index (χ3n) is 4.98. The van der Waals surface area contributed by atoms with E-state index in [1.807, 2.05) is 25.3 Å². The molecule has 0 unspecified atom stereocenters. The Bertz CT molecular complexity index is 1110. The third-order valence-corrected chi connectivity index (χ3v) is 7.08. The summed E-state index contributed by atoms with van der Waals surface area (Å²) in [5.41, 5.74) is 0.616. The van der Waals surface area contributed by atoms with Gasteiger partial charge in [-0.1, -0.05) is 31.2 Å². The molecule has 1 aromatic heterocycles. The summed E-state index contributed by atoms with van der Waals surface area (Å²) in [6, 6.07) is 16.5. The Morgan fingerprint density at radius 1 is 1.06 bits per heavy atom. The van der Waals surface area contributed by atoms with Crippen molar-refractivity contribution in [3.63, 3.8) is 0 Å². The highest BCUT2D eigenvalue weighted by Gasteiger charge is 2.24. The van der Waals surface area contributed by atoms with Gasteiger partial charge in [0.25, 0.3) is 5.91 Å². The molecule has 3 rings (SSSR count). The summed E-state index contributed by atoms with van der Waals surface area (Å²) < 4.78 is 36.2. The first kappa shape index (κ1) is 22.8. The van der Waals surface area contributed by atoms with Crippen LogP contribution in [0.15, 0.2) is 70.9 Å². The van der Waals surface area contributed by atoms with Gasteiger partial charge < -0.3 is 13.8 Å². The zero-order valence-electron chi connectivity index (χ0n) is 17.6. The smallest absolute Gasteiger partial charge is 0.339 e. The predicted molar refractivity (Wildman–Crippen MR) is 121 cm³/mol. The van der Waals surface area contributed by atoms with E-state index >= 15 is 0 Å². The number of hydrogen-bond donors (Lipinski definition) is 0. The highest BCUT2D eigenvalue weighted by molar-refractivity contribution is 7.87. The number of benzene rings is 2. The summed E-state index contributed by atoms with van der Waals surface area (Å²) in [6.45, 7) is 4.22. The molecular weight excluding hydrogens is 434 g/mol. The highest BCUT2D eigenvalue weighted by Crippen LogP contribution is 2.27. The summed E-state index contributed by atoms with van der Waals surface area (Å²) in [7, 11) is -2.53. The summed E-state index contributed by atoms with van der Waals surface area (Å²) in [5, 5.41) is 1.86. The van der Waals surface area contributed by atoms with Crippen molar-refractivity contribution < 1.29 is 22.1 Å². The Kier molecular flexibility index (Phi) is 7.35. The Morgan fingerprint density at radius 3 is 2.39 bits per heavy atom. The highest BCUT2D eigenvalue weighted by atomic mass is 32.2. The topological polar surface area (TPSA) is 72.9 Å². The van der Waals surface area contributed by atoms with E-state index < -0.39 is 10.1 Å². The van der Waals surface area contributed by atoms with Crippen molar-refractivity contribution in [1.82, 2.24) is 4.90 Å². The molecule has 31 heavy (non-hydrogen) atoms. The Hall–Kier alpha value is -2.84. The molecule has 1 amide bonds. The van der Waals surface area contributed by atoms with E-state index in [1.165, 1.54) is 30.6 Å². The first-order valence-corrected chi connectivity index (χ1v) is 12.2. The quantitative estimate of drug-likeness (QED) is 0.423. The molecule has 0 bridgehead atoms. The van der Waals surface area contributed by atoms with Gasteiger partial charge in [0.2, 0.25) is 0 Å². The minimum atomic E-state index is -4.04. The second-order valence-corrected chi connectivity index (χ2v) is 9.48. The van der Waals surface area contributed by atoms with Crippen LogP contribution in [0.25, 0.3) is 0 Å². The standard InChI is InChI=1S/C23H25NO5S2/c1-4-17(2)24(23(25)22-10-7-15-30-22)16-18-8-5-6-9-21(18)29-31(26,27)20-13-11-19(28-3)12-14-20/h5-15,17H,4,16H2,1-3H3/t17-/m1/s1. The Labute approximate surface area is 187 Å². The average Bonchev–Trinajstić information content (AvgIpc) is 3.32. The fourth-order valence-corrected chi connectivity index (χ4v) is 4.64. The zero-order chi connectivity index (χ0) is 22.4. The van der Waals surface area contributed by atoms with Crippen LogP contribution in [0.4, 0.5) is 0 Å². The number of hydrogen-bond acceptors (Lipinski definition) is 6. The molecule has 0 radical (unpaired) electrons. The molecule has 3 aromatic rings. The van der Waals surface area contributed by atoms with Crippen LogP contribution < -0.4 is 8.92 Å².